The van der Waals surface area contributed by atoms with Crippen molar-refractivity contribution in [3.05, 3.63) is 60.2 Å². The molecule has 2 aromatic carbocycles. The highest BCUT2D eigenvalue weighted by Gasteiger charge is 2.09. The Bertz CT molecular complexity index is 465. The van der Waals surface area contributed by atoms with Crippen molar-refractivity contribution in [1.82, 2.24) is 0 Å². The van der Waals surface area contributed by atoms with Crippen LogP contribution < -0.4 is 4.90 Å². The predicted molar refractivity (Wildman–Crippen MR) is 78.2 cm³/mol. The van der Waals surface area contributed by atoms with E-state index in [1.807, 2.05) is 4.90 Å². The molecule has 0 heterocycles. The van der Waals surface area contributed by atoms with Gasteiger partial charge in [-0.15, -0.1) is 0 Å². The number of rotatable bonds is 5. The zero-order valence-corrected chi connectivity index (χ0v) is 11.9. The van der Waals surface area contributed by atoms with Crippen LogP contribution in [0.25, 0.3) is 0 Å². The van der Waals surface area contributed by atoms with Gasteiger partial charge >= 0.3 is 0 Å². The Morgan fingerprint density at radius 2 is 1.21 bits per heavy atom. The van der Waals surface area contributed by atoms with Gasteiger partial charge < -0.3 is 4.90 Å². The molecule has 1 nitrogen and oxygen atoms in total. The highest BCUT2D eigenvalue weighted by molar-refractivity contribution is 9.09. The van der Waals surface area contributed by atoms with Crippen LogP contribution in [-0.2, 0) is 0 Å². The Morgan fingerprint density at radius 1 is 0.789 bits per heavy atom. The van der Waals surface area contributed by atoms with Crippen molar-refractivity contribution < 1.29 is 8.78 Å². The molecule has 0 aliphatic carbocycles. The van der Waals surface area contributed by atoms with Crippen LogP contribution in [0, 0.1) is 11.6 Å². The van der Waals surface area contributed by atoms with Crippen LogP contribution in [-0.4, -0.2) is 11.9 Å². The number of nitrogens with zero attached hydrogens (tertiary/aromatic N) is 1. The normalized spacial score (nSPS) is 10.5. The van der Waals surface area contributed by atoms with Gasteiger partial charge in [0, 0.05) is 23.2 Å². The fraction of sp³-hybridized carbons (Fsp3) is 0.200. The van der Waals surface area contributed by atoms with Crippen LogP contribution in [0.5, 0.6) is 0 Å². The molecule has 4 heteroatoms. The Hall–Kier alpha value is -1.42. The number of hydrogen-bond donors (Lipinski definition) is 0. The summed E-state index contributed by atoms with van der Waals surface area (Å²) in [5.41, 5.74) is 1.79. The van der Waals surface area contributed by atoms with E-state index in [1.54, 1.807) is 24.3 Å². The lowest BCUT2D eigenvalue weighted by Gasteiger charge is -2.24. The van der Waals surface area contributed by atoms with E-state index < -0.39 is 0 Å². The highest BCUT2D eigenvalue weighted by atomic mass is 79.9. The molecule has 0 saturated carbocycles. The van der Waals surface area contributed by atoms with Gasteiger partial charge in [0.25, 0.3) is 0 Å². The summed E-state index contributed by atoms with van der Waals surface area (Å²) in [6, 6.07) is 12.6. The third-order valence-corrected chi connectivity index (χ3v) is 3.35. The number of alkyl halides is 1. The maximum absolute atomic E-state index is 13.0. The summed E-state index contributed by atoms with van der Waals surface area (Å²) in [4.78, 5) is 2.04. The molecule has 0 N–H and O–H groups in total. The van der Waals surface area contributed by atoms with Gasteiger partial charge in [0.1, 0.15) is 11.6 Å². The summed E-state index contributed by atoms with van der Waals surface area (Å²) in [6.07, 6.45) is 0.939. The molecular weight excluding hydrogens is 312 g/mol. The fourth-order valence-corrected chi connectivity index (χ4v) is 2.12. The summed E-state index contributed by atoms with van der Waals surface area (Å²) < 4.78 is 26.0. The van der Waals surface area contributed by atoms with Crippen LogP contribution in [0.4, 0.5) is 20.2 Å². The lowest BCUT2D eigenvalue weighted by Crippen LogP contribution is -2.18. The van der Waals surface area contributed by atoms with E-state index in [0.29, 0.717) is 0 Å². The molecule has 19 heavy (non-hydrogen) atoms. The molecule has 0 spiro atoms. The lowest BCUT2D eigenvalue weighted by molar-refractivity contribution is 0.627. The predicted octanol–water partition coefficient (Wildman–Crippen LogP) is 4.89. The van der Waals surface area contributed by atoms with E-state index in [-0.39, 0.29) is 11.6 Å². The zero-order valence-electron chi connectivity index (χ0n) is 10.3. The molecule has 2 rings (SSSR count). The van der Waals surface area contributed by atoms with Crippen LogP contribution >= 0.6 is 15.9 Å². The second-order valence-electron chi connectivity index (χ2n) is 4.15. The molecule has 0 saturated heterocycles. The van der Waals surface area contributed by atoms with Gasteiger partial charge in [-0.1, -0.05) is 15.9 Å². The minimum absolute atomic E-state index is 0.261. The lowest BCUT2D eigenvalue weighted by atomic mass is 10.2. The summed E-state index contributed by atoms with van der Waals surface area (Å²) in [5.74, 6) is -0.522. The molecule has 0 amide bonds. The van der Waals surface area contributed by atoms with Crippen LogP contribution in [0.15, 0.2) is 48.5 Å². The monoisotopic (exact) mass is 325 g/mol. The van der Waals surface area contributed by atoms with E-state index in [9.17, 15) is 8.78 Å². The maximum Gasteiger partial charge on any atom is 0.123 e. The number of anilines is 2. The van der Waals surface area contributed by atoms with Crippen molar-refractivity contribution in [3.63, 3.8) is 0 Å². The van der Waals surface area contributed by atoms with Crippen molar-refractivity contribution in [2.75, 3.05) is 16.8 Å². The van der Waals surface area contributed by atoms with Crippen molar-refractivity contribution in [3.8, 4) is 0 Å². The summed E-state index contributed by atoms with van der Waals surface area (Å²) in [5, 5.41) is 0.881. The van der Waals surface area contributed by atoms with Crippen molar-refractivity contribution in [2.24, 2.45) is 0 Å². The zero-order chi connectivity index (χ0) is 13.7. The first-order chi connectivity index (χ1) is 9.20. The summed E-state index contributed by atoms with van der Waals surface area (Å²) in [6.45, 7) is 0.780. The second kappa shape index (κ2) is 6.66. The van der Waals surface area contributed by atoms with Gasteiger partial charge in [-0.3, -0.25) is 0 Å². The quantitative estimate of drug-likeness (QED) is 0.707. The van der Waals surface area contributed by atoms with Gasteiger partial charge in [0.2, 0.25) is 0 Å². The topological polar surface area (TPSA) is 3.24 Å². The summed E-state index contributed by atoms with van der Waals surface area (Å²) >= 11 is 3.40. The third kappa shape index (κ3) is 3.77. The van der Waals surface area contributed by atoms with E-state index >= 15 is 0 Å². The van der Waals surface area contributed by atoms with Gasteiger partial charge in [-0.05, 0) is 55.0 Å². The Labute approximate surface area is 120 Å². The molecule has 0 aromatic heterocycles. The van der Waals surface area contributed by atoms with Crippen molar-refractivity contribution in [2.45, 2.75) is 6.42 Å². The van der Waals surface area contributed by atoms with Crippen LogP contribution in [0.1, 0.15) is 6.42 Å². The molecule has 2 aromatic rings. The van der Waals surface area contributed by atoms with Gasteiger partial charge in [0.05, 0.1) is 0 Å². The first kappa shape index (κ1) is 14.0. The molecule has 0 bridgehead atoms. The third-order valence-electron chi connectivity index (χ3n) is 2.79. The molecule has 0 radical (unpaired) electrons. The molecule has 0 atom stereocenters. The highest BCUT2D eigenvalue weighted by Crippen LogP contribution is 2.26. The largest absolute Gasteiger partial charge is 0.341 e. The average molecular weight is 326 g/mol. The van der Waals surface area contributed by atoms with Gasteiger partial charge in [0.15, 0.2) is 0 Å². The molecule has 0 aliphatic rings. The number of hydrogen-bond acceptors (Lipinski definition) is 1. The smallest absolute Gasteiger partial charge is 0.123 e. The van der Waals surface area contributed by atoms with E-state index in [4.69, 9.17) is 0 Å². The van der Waals surface area contributed by atoms with Crippen LogP contribution in [0.3, 0.4) is 0 Å². The maximum atomic E-state index is 13.0. The minimum atomic E-state index is -0.261. The first-order valence-corrected chi connectivity index (χ1v) is 7.17. The molecule has 0 fully saturated rings. The van der Waals surface area contributed by atoms with Crippen LogP contribution in [0.2, 0.25) is 0 Å². The summed E-state index contributed by atoms with van der Waals surface area (Å²) in [7, 11) is 0. The fourth-order valence-electron chi connectivity index (χ4n) is 1.87. The number of halogens is 3. The van der Waals surface area contributed by atoms with E-state index in [0.717, 1.165) is 29.7 Å². The average Bonchev–Trinajstić information content (AvgIpc) is 2.43. The second-order valence-corrected chi connectivity index (χ2v) is 4.94. The van der Waals surface area contributed by atoms with Crippen molar-refractivity contribution >= 4 is 27.3 Å². The minimum Gasteiger partial charge on any atom is -0.341 e. The van der Waals surface area contributed by atoms with E-state index in [2.05, 4.69) is 15.9 Å². The molecular formula is C15H14BrF2N. The SMILES string of the molecule is Fc1ccc(N(CCCBr)c2ccc(F)cc2)cc1. The Morgan fingerprint density at radius 3 is 1.58 bits per heavy atom. The standard InChI is InChI=1S/C15H14BrF2N/c16-10-1-11-19(14-6-2-12(17)3-7-14)15-8-4-13(18)5-9-15/h2-9H,1,10-11H2. The van der Waals surface area contributed by atoms with E-state index in [1.165, 1.54) is 24.3 Å². The first-order valence-electron chi connectivity index (χ1n) is 6.05. The molecule has 100 valence electrons. The Balaban J connectivity index is 2.29. The molecule has 0 aliphatic heterocycles. The van der Waals surface area contributed by atoms with Gasteiger partial charge in [-0.25, -0.2) is 8.78 Å². The Kier molecular flexibility index (Phi) is 4.91. The number of benzene rings is 2. The van der Waals surface area contributed by atoms with Crippen molar-refractivity contribution in [1.29, 1.82) is 0 Å². The van der Waals surface area contributed by atoms with Gasteiger partial charge in [-0.2, -0.15) is 0 Å². The molecule has 0 unspecified atom stereocenters.